The fraction of sp³-hybridized carbons (Fsp3) is 0.300. The number of aliphatic hydroxyl groups excluding tert-OH is 1. The van der Waals surface area contributed by atoms with E-state index >= 15 is 0 Å². The number of hydrogen-bond acceptors (Lipinski definition) is 3. The number of nitrogens with zero attached hydrogens (tertiary/aromatic N) is 1. The van der Waals surface area contributed by atoms with Gasteiger partial charge in [-0.05, 0) is 24.1 Å². The van der Waals surface area contributed by atoms with Gasteiger partial charge in [-0.15, -0.1) is 13.2 Å². The normalized spacial score (nSPS) is 10.9. The van der Waals surface area contributed by atoms with Crippen LogP contribution < -0.4 is 4.74 Å². The van der Waals surface area contributed by atoms with Crippen LogP contribution in [-0.2, 0) is 6.42 Å². The smallest absolute Gasteiger partial charge is 0.404 e. The molecule has 3 nitrogen and oxygen atoms in total. The van der Waals surface area contributed by atoms with Crippen LogP contribution in [0.1, 0.15) is 11.1 Å². The molecule has 0 saturated heterocycles. The monoisotopic (exact) mass is 231 g/mol. The lowest BCUT2D eigenvalue weighted by Gasteiger charge is -2.10. The molecule has 6 heteroatoms. The lowest BCUT2D eigenvalue weighted by molar-refractivity contribution is -0.274. The average Bonchev–Trinajstić information content (AvgIpc) is 2.18. The first-order valence-electron chi connectivity index (χ1n) is 4.36. The minimum atomic E-state index is -4.82. The van der Waals surface area contributed by atoms with Gasteiger partial charge in [0.25, 0.3) is 0 Å². The summed E-state index contributed by atoms with van der Waals surface area (Å²) < 4.78 is 39.5. The number of nitriles is 1. The van der Waals surface area contributed by atoms with Crippen molar-refractivity contribution in [2.45, 2.75) is 12.8 Å². The molecule has 0 radical (unpaired) electrons. The molecule has 1 aromatic carbocycles. The Morgan fingerprint density at radius 1 is 1.38 bits per heavy atom. The molecule has 0 heterocycles. The van der Waals surface area contributed by atoms with E-state index in [1.807, 2.05) is 0 Å². The van der Waals surface area contributed by atoms with Gasteiger partial charge in [0.1, 0.15) is 11.8 Å². The van der Waals surface area contributed by atoms with Crippen molar-refractivity contribution >= 4 is 0 Å². The molecule has 1 N–H and O–H groups in total. The van der Waals surface area contributed by atoms with E-state index in [1.165, 1.54) is 12.1 Å². The highest BCUT2D eigenvalue weighted by molar-refractivity contribution is 5.45. The van der Waals surface area contributed by atoms with Crippen LogP contribution in [-0.4, -0.2) is 18.1 Å². The van der Waals surface area contributed by atoms with Crippen LogP contribution >= 0.6 is 0 Å². The van der Waals surface area contributed by atoms with E-state index in [9.17, 15) is 13.2 Å². The summed E-state index contributed by atoms with van der Waals surface area (Å²) >= 11 is 0. The van der Waals surface area contributed by atoms with E-state index in [4.69, 9.17) is 10.4 Å². The van der Waals surface area contributed by atoms with Gasteiger partial charge in [0, 0.05) is 6.61 Å². The highest BCUT2D eigenvalue weighted by atomic mass is 19.4. The Morgan fingerprint density at radius 3 is 2.56 bits per heavy atom. The van der Waals surface area contributed by atoms with Crippen LogP contribution in [0, 0.1) is 11.3 Å². The largest absolute Gasteiger partial charge is 0.573 e. The van der Waals surface area contributed by atoms with Gasteiger partial charge < -0.3 is 9.84 Å². The first-order valence-corrected chi connectivity index (χ1v) is 4.36. The minimum absolute atomic E-state index is 0.135. The van der Waals surface area contributed by atoms with E-state index in [-0.39, 0.29) is 18.6 Å². The zero-order valence-electron chi connectivity index (χ0n) is 8.08. The highest BCUT2D eigenvalue weighted by Gasteiger charge is 2.32. The number of rotatable bonds is 3. The van der Waals surface area contributed by atoms with Crippen LogP contribution in [0.4, 0.5) is 13.2 Å². The summed E-state index contributed by atoms with van der Waals surface area (Å²) in [4.78, 5) is 0. The summed E-state index contributed by atoms with van der Waals surface area (Å²) in [6.07, 6.45) is -4.54. The molecule has 1 rings (SSSR count). The molecule has 16 heavy (non-hydrogen) atoms. The third-order valence-electron chi connectivity index (χ3n) is 1.79. The Labute approximate surface area is 89.7 Å². The Balaban J connectivity index is 2.99. The van der Waals surface area contributed by atoms with Gasteiger partial charge in [0.05, 0.1) is 5.56 Å². The predicted octanol–water partition coefficient (Wildman–Crippen LogP) is 1.99. The van der Waals surface area contributed by atoms with Crippen molar-refractivity contribution in [3.05, 3.63) is 29.3 Å². The zero-order valence-corrected chi connectivity index (χ0v) is 8.08. The van der Waals surface area contributed by atoms with Crippen molar-refractivity contribution in [3.8, 4) is 11.8 Å². The summed E-state index contributed by atoms with van der Waals surface area (Å²) in [5.41, 5.74) is 0.372. The molecular weight excluding hydrogens is 223 g/mol. The molecule has 0 atom stereocenters. The van der Waals surface area contributed by atoms with Gasteiger partial charge >= 0.3 is 6.36 Å². The Morgan fingerprint density at radius 2 is 2.06 bits per heavy atom. The second kappa shape index (κ2) is 4.86. The Bertz CT molecular complexity index is 410. The second-order valence-corrected chi connectivity index (χ2v) is 2.96. The Kier molecular flexibility index (Phi) is 3.74. The number of benzene rings is 1. The number of ether oxygens (including phenoxy) is 1. The topological polar surface area (TPSA) is 53.2 Å². The van der Waals surface area contributed by atoms with Crippen LogP contribution in [0.2, 0.25) is 0 Å². The number of halogens is 3. The lowest BCUT2D eigenvalue weighted by atomic mass is 10.1. The quantitative estimate of drug-likeness (QED) is 0.865. The van der Waals surface area contributed by atoms with E-state index in [1.54, 1.807) is 6.07 Å². The molecular formula is C10H8F3NO2. The highest BCUT2D eigenvalue weighted by Crippen LogP contribution is 2.26. The molecule has 0 aliphatic heterocycles. The summed E-state index contributed by atoms with van der Waals surface area (Å²) in [6, 6.07) is 5.31. The summed E-state index contributed by atoms with van der Waals surface area (Å²) in [5, 5.41) is 17.3. The van der Waals surface area contributed by atoms with E-state index in [0.717, 1.165) is 6.07 Å². The molecule has 0 amide bonds. The molecule has 0 aliphatic carbocycles. The number of hydrogen-bond donors (Lipinski definition) is 1. The van der Waals surface area contributed by atoms with Crippen molar-refractivity contribution < 1.29 is 23.0 Å². The molecule has 0 fully saturated rings. The van der Waals surface area contributed by atoms with Crippen LogP contribution in [0.15, 0.2) is 18.2 Å². The Hall–Kier alpha value is -1.74. The van der Waals surface area contributed by atoms with Crippen molar-refractivity contribution in [3.63, 3.8) is 0 Å². The molecule has 1 aromatic rings. The van der Waals surface area contributed by atoms with E-state index < -0.39 is 12.1 Å². The molecule has 0 saturated carbocycles. The molecule has 0 unspecified atom stereocenters. The molecule has 86 valence electrons. The maximum absolute atomic E-state index is 11.9. The third kappa shape index (κ3) is 3.44. The van der Waals surface area contributed by atoms with Crippen molar-refractivity contribution in [2.24, 2.45) is 0 Å². The molecule has 0 spiro atoms. The van der Waals surface area contributed by atoms with Gasteiger partial charge in [-0.2, -0.15) is 5.26 Å². The fourth-order valence-electron chi connectivity index (χ4n) is 1.16. The van der Waals surface area contributed by atoms with Gasteiger partial charge in [-0.3, -0.25) is 0 Å². The zero-order chi connectivity index (χ0) is 12.2. The van der Waals surface area contributed by atoms with E-state index in [0.29, 0.717) is 5.56 Å². The number of aliphatic hydroxyl groups is 1. The fourth-order valence-corrected chi connectivity index (χ4v) is 1.16. The lowest BCUT2D eigenvalue weighted by Crippen LogP contribution is -2.17. The molecule has 0 bridgehead atoms. The van der Waals surface area contributed by atoms with Crippen LogP contribution in [0.5, 0.6) is 5.75 Å². The van der Waals surface area contributed by atoms with Crippen molar-refractivity contribution in [2.75, 3.05) is 6.61 Å². The summed E-state index contributed by atoms with van der Waals surface area (Å²) in [6.45, 7) is -0.135. The maximum Gasteiger partial charge on any atom is 0.573 e. The van der Waals surface area contributed by atoms with Crippen LogP contribution in [0.3, 0.4) is 0 Å². The summed E-state index contributed by atoms with van der Waals surface area (Å²) in [5.74, 6) is -0.531. The van der Waals surface area contributed by atoms with Crippen molar-refractivity contribution in [1.29, 1.82) is 5.26 Å². The van der Waals surface area contributed by atoms with Crippen molar-refractivity contribution in [1.82, 2.24) is 0 Å². The molecule has 0 aromatic heterocycles. The van der Waals surface area contributed by atoms with Gasteiger partial charge in [-0.25, -0.2) is 0 Å². The standard InChI is InChI=1S/C10H8F3NO2/c11-10(12,13)16-9-2-1-7(3-4-15)5-8(9)6-14/h1-2,5,15H,3-4H2. The summed E-state index contributed by atoms with van der Waals surface area (Å²) in [7, 11) is 0. The maximum atomic E-state index is 11.9. The first-order chi connectivity index (χ1) is 7.46. The van der Waals surface area contributed by atoms with E-state index in [2.05, 4.69) is 4.74 Å². The SMILES string of the molecule is N#Cc1cc(CCO)ccc1OC(F)(F)F. The first kappa shape index (κ1) is 12.3. The minimum Gasteiger partial charge on any atom is -0.404 e. The third-order valence-corrected chi connectivity index (χ3v) is 1.79. The second-order valence-electron chi connectivity index (χ2n) is 2.96. The molecule has 0 aliphatic rings. The van der Waals surface area contributed by atoms with Gasteiger partial charge in [0.15, 0.2) is 0 Å². The van der Waals surface area contributed by atoms with Crippen LogP contribution in [0.25, 0.3) is 0 Å². The van der Waals surface area contributed by atoms with Gasteiger partial charge in [0.2, 0.25) is 0 Å². The van der Waals surface area contributed by atoms with Gasteiger partial charge in [-0.1, -0.05) is 6.07 Å². The predicted molar refractivity (Wildman–Crippen MR) is 48.6 cm³/mol. The average molecular weight is 231 g/mol. The number of alkyl halides is 3.